The SMILES string of the molecule is CCN(CC(=O)Nc1cccc(C)c1)[C@@H]1COC[C@H]1O. The predicted molar refractivity (Wildman–Crippen MR) is 77.7 cm³/mol. The molecule has 2 atom stereocenters. The number of carbonyl (C=O) groups is 1. The van der Waals surface area contributed by atoms with Crippen molar-refractivity contribution in [2.24, 2.45) is 0 Å². The second-order valence-corrected chi connectivity index (χ2v) is 5.15. The number of aliphatic hydroxyl groups is 1. The summed E-state index contributed by atoms with van der Waals surface area (Å²) in [5.41, 5.74) is 1.91. The molecule has 5 nitrogen and oxygen atoms in total. The van der Waals surface area contributed by atoms with E-state index in [0.29, 0.717) is 19.8 Å². The van der Waals surface area contributed by atoms with Crippen LogP contribution in [0.3, 0.4) is 0 Å². The molecular weight excluding hydrogens is 256 g/mol. The molecule has 0 radical (unpaired) electrons. The molecule has 20 heavy (non-hydrogen) atoms. The zero-order valence-corrected chi connectivity index (χ0v) is 12.0. The molecule has 0 saturated carbocycles. The number of likely N-dealkylation sites (N-methyl/N-ethyl adjacent to an activating group) is 1. The maximum Gasteiger partial charge on any atom is 0.238 e. The Morgan fingerprint density at radius 2 is 2.30 bits per heavy atom. The number of rotatable bonds is 5. The molecule has 2 rings (SSSR count). The number of ether oxygens (including phenoxy) is 1. The van der Waals surface area contributed by atoms with Gasteiger partial charge in [-0.25, -0.2) is 0 Å². The molecular formula is C15H22N2O3. The van der Waals surface area contributed by atoms with Gasteiger partial charge in [0.2, 0.25) is 5.91 Å². The van der Waals surface area contributed by atoms with Crippen molar-refractivity contribution in [3.63, 3.8) is 0 Å². The molecule has 1 aromatic rings. The largest absolute Gasteiger partial charge is 0.389 e. The van der Waals surface area contributed by atoms with Crippen LogP contribution >= 0.6 is 0 Å². The second-order valence-electron chi connectivity index (χ2n) is 5.15. The Bertz CT molecular complexity index is 464. The summed E-state index contributed by atoms with van der Waals surface area (Å²) in [5, 5.41) is 12.7. The van der Waals surface area contributed by atoms with Crippen LogP contribution in [-0.2, 0) is 9.53 Å². The maximum atomic E-state index is 12.1. The Balaban J connectivity index is 1.92. The molecule has 0 unspecified atom stereocenters. The minimum Gasteiger partial charge on any atom is -0.389 e. The van der Waals surface area contributed by atoms with Gasteiger partial charge in [-0.2, -0.15) is 0 Å². The lowest BCUT2D eigenvalue weighted by Crippen LogP contribution is -2.46. The third-order valence-electron chi connectivity index (χ3n) is 3.55. The van der Waals surface area contributed by atoms with Gasteiger partial charge in [0, 0.05) is 5.69 Å². The quantitative estimate of drug-likeness (QED) is 0.844. The molecule has 1 fully saturated rings. The van der Waals surface area contributed by atoms with Crippen LogP contribution in [0.25, 0.3) is 0 Å². The average Bonchev–Trinajstić information content (AvgIpc) is 2.82. The van der Waals surface area contributed by atoms with E-state index in [1.165, 1.54) is 0 Å². The van der Waals surface area contributed by atoms with Crippen molar-refractivity contribution in [3.05, 3.63) is 29.8 Å². The first-order valence-electron chi connectivity index (χ1n) is 6.96. The molecule has 1 aromatic carbocycles. The highest BCUT2D eigenvalue weighted by Gasteiger charge is 2.31. The van der Waals surface area contributed by atoms with Gasteiger partial charge in [-0.1, -0.05) is 19.1 Å². The number of aryl methyl sites for hydroxylation is 1. The molecule has 0 aliphatic carbocycles. The molecule has 1 aliphatic heterocycles. The number of carbonyl (C=O) groups excluding carboxylic acids is 1. The number of hydrogen-bond donors (Lipinski definition) is 2. The first-order chi connectivity index (χ1) is 9.60. The van der Waals surface area contributed by atoms with Crippen molar-refractivity contribution in [2.45, 2.75) is 26.0 Å². The van der Waals surface area contributed by atoms with Crippen molar-refractivity contribution in [3.8, 4) is 0 Å². The number of anilines is 1. The normalized spacial score (nSPS) is 22.2. The number of nitrogens with one attached hydrogen (secondary N) is 1. The van der Waals surface area contributed by atoms with Gasteiger partial charge in [0.25, 0.3) is 0 Å². The van der Waals surface area contributed by atoms with E-state index >= 15 is 0 Å². The van der Waals surface area contributed by atoms with Crippen LogP contribution in [0.15, 0.2) is 24.3 Å². The lowest BCUT2D eigenvalue weighted by molar-refractivity contribution is -0.118. The smallest absolute Gasteiger partial charge is 0.238 e. The molecule has 5 heteroatoms. The number of aliphatic hydroxyl groups excluding tert-OH is 1. The summed E-state index contributed by atoms with van der Waals surface area (Å²) in [6.45, 7) is 5.75. The number of benzene rings is 1. The zero-order chi connectivity index (χ0) is 14.5. The van der Waals surface area contributed by atoms with Gasteiger partial charge in [-0.3, -0.25) is 9.69 Å². The molecule has 0 aromatic heterocycles. The van der Waals surface area contributed by atoms with E-state index in [9.17, 15) is 9.90 Å². The summed E-state index contributed by atoms with van der Waals surface area (Å²) in [6, 6.07) is 7.61. The Morgan fingerprint density at radius 1 is 1.50 bits per heavy atom. The van der Waals surface area contributed by atoms with Gasteiger partial charge in [-0.15, -0.1) is 0 Å². The first-order valence-corrected chi connectivity index (χ1v) is 6.96. The Kier molecular flexibility index (Phi) is 5.11. The van der Waals surface area contributed by atoms with E-state index in [1.807, 2.05) is 43.0 Å². The van der Waals surface area contributed by atoms with E-state index in [1.54, 1.807) is 0 Å². The van der Waals surface area contributed by atoms with Crippen molar-refractivity contribution >= 4 is 11.6 Å². The third-order valence-corrected chi connectivity index (χ3v) is 3.55. The van der Waals surface area contributed by atoms with Gasteiger partial charge in [0.1, 0.15) is 0 Å². The van der Waals surface area contributed by atoms with Gasteiger partial charge >= 0.3 is 0 Å². The number of hydrogen-bond acceptors (Lipinski definition) is 4. The summed E-state index contributed by atoms with van der Waals surface area (Å²) < 4.78 is 5.24. The minimum atomic E-state index is -0.512. The van der Waals surface area contributed by atoms with Gasteiger partial charge < -0.3 is 15.2 Å². The van der Waals surface area contributed by atoms with Crippen LogP contribution < -0.4 is 5.32 Å². The van der Waals surface area contributed by atoms with E-state index in [2.05, 4.69) is 5.32 Å². The van der Waals surface area contributed by atoms with E-state index in [4.69, 9.17) is 4.74 Å². The molecule has 0 bridgehead atoms. The van der Waals surface area contributed by atoms with Crippen molar-refractivity contribution < 1.29 is 14.6 Å². The lowest BCUT2D eigenvalue weighted by atomic mass is 10.2. The Hall–Kier alpha value is -1.43. The number of nitrogens with zero attached hydrogens (tertiary/aromatic N) is 1. The third kappa shape index (κ3) is 3.79. The topological polar surface area (TPSA) is 61.8 Å². The van der Waals surface area contributed by atoms with E-state index in [-0.39, 0.29) is 18.5 Å². The molecule has 1 amide bonds. The van der Waals surface area contributed by atoms with Crippen molar-refractivity contribution in [1.82, 2.24) is 4.90 Å². The highest BCUT2D eigenvalue weighted by molar-refractivity contribution is 5.92. The first kappa shape index (κ1) is 15.0. The fraction of sp³-hybridized carbons (Fsp3) is 0.533. The molecule has 2 N–H and O–H groups in total. The molecule has 1 heterocycles. The monoisotopic (exact) mass is 278 g/mol. The van der Waals surface area contributed by atoms with Crippen LogP contribution in [0.5, 0.6) is 0 Å². The van der Waals surface area contributed by atoms with Crippen LogP contribution in [0.1, 0.15) is 12.5 Å². The molecule has 1 aliphatic rings. The van der Waals surface area contributed by atoms with Crippen LogP contribution in [0, 0.1) is 6.92 Å². The van der Waals surface area contributed by atoms with Gasteiger partial charge in [-0.05, 0) is 31.2 Å². The number of amides is 1. The minimum absolute atomic E-state index is 0.0726. The Morgan fingerprint density at radius 3 is 2.90 bits per heavy atom. The average molecular weight is 278 g/mol. The van der Waals surface area contributed by atoms with Gasteiger partial charge in [0.05, 0.1) is 31.9 Å². The lowest BCUT2D eigenvalue weighted by Gasteiger charge is -2.27. The fourth-order valence-corrected chi connectivity index (χ4v) is 2.45. The Labute approximate surface area is 119 Å². The summed E-state index contributed by atoms with van der Waals surface area (Å²) >= 11 is 0. The maximum absolute atomic E-state index is 12.1. The zero-order valence-electron chi connectivity index (χ0n) is 12.0. The van der Waals surface area contributed by atoms with Crippen LogP contribution in [0.4, 0.5) is 5.69 Å². The molecule has 0 spiro atoms. The van der Waals surface area contributed by atoms with E-state index in [0.717, 1.165) is 11.3 Å². The van der Waals surface area contributed by atoms with Crippen LogP contribution in [-0.4, -0.2) is 54.4 Å². The molecule has 1 saturated heterocycles. The summed E-state index contributed by atoms with van der Waals surface area (Å²) in [4.78, 5) is 14.0. The summed E-state index contributed by atoms with van der Waals surface area (Å²) in [7, 11) is 0. The summed E-state index contributed by atoms with van der Waals surface area (Å²) in [6.07, 6.45) is -0.512. The highest BCUT2D eigenvalue weighted by atomic mass is 16.5. The van der Waals surface area contributed by atoms with E-state index < -0.39 is 6.10 Å². The predicted octanol–water partition coefficient (Wildman–Crippen LogP) is 1.02. The highest BCUT2D eigenvalue weighted by Crippen LogP contribution is 2.14. The van der Waals surface area contributed by atoms with Crippen LogP contribution in [0.2, 0.25) is 0 Å². The fourth-order valence-electron chi connectivity index (χ4n) is 2.45. The van der Waals surface area contributed by atoms with Crippen molar-refractivity contribution in [2.75, 3.05) is 31.6 Å². The molecule has 110 valence electrons. The van der Waals surface area contributed by atoms with Gasteiger partial charge in [0.15, 0.2) is 0 Å². The van der Waals surface area contributed by atoms with Crippen molar-refractivity contribution in [1.29, 1.82) is 0 Å². The standard InChI is InChI=1S/C15H22N2O3/c1-3-17(13-9-20-10-14(13)18)8-15(19)16-12-6-4-5-11(2)7-12/h4-7,13-14,18H,3,8-10H2,1-2H3,(H,16,19)/t13-,14-/m1/s1. The second kappa shape index (κ2) is 6.83. The summed E-state index contributed by atoms with van der Waals surface area (Å²) in [5.74, 6) is -0.0726.